The lowest BCUT2D eigenvalue weighted by atomic mass is 9.45. The molecule has 4 rings (SSSR count). The van der Waals surface area contributed by atoms with Crippen LogP contribution in [0.5, 0.6) is 0 Å². The Balaban J connectivity index is 1.73. The number of halogens is 2. The van der Waals surface area contributed by atoms with Crippen LogP contribution in [0.3, 0.4) is 0 Å². The number of alkyl halides is 2. The highest BCUT2D eigenvalue weighted by Gasteiger charge is 2.71. The summed E-state index contributed by atoms with van der Waals surface area (Å²) in [6.07, 6.45) is 4.72. The van der Waals surface area contributed by atoms with E-state index in [1.807, 2.05) is 6.92 Å². The molecule has 4 aliphatic rings. The molecule has 0 bridgehead atoms. The molecule has 6 nitrogen and oxygen atoms in total. The van der Waals surface area contributed by atoms with Crippen molar-refractivity contribution >= 4 is 40.9 Å². The van der Waals surface area contributed by atoms with E-state index in [0.29, 0.717) is 19.3 Å². The number of fused-ring (bicyclic) bond motifs is 5. The van der Waals surface area contributed by atoms with Crippen LogP contribution in [0, 0.1) is 28.6 Å². The molecule has 0 saturated heterocycles. The molecule has 0 amide bonds. The highest BCUT2D eigenvalue weighted by molar-refractivity contribution is 6.53. The van der Waals surface area contributed by atoms with Crippen LogP contribution in [0.1, 0.15) is 58.8 Å². The van der Waals surface area contributed by atoms with Crippen molar-refractivity contribution in [2.45, 2.75) is 75.3 Å². The molecule has 0 spiro atoms. The number of ketones is 1. The zero-order valence-corrected chi connectivity index (χ0v) is 18.7. The Morgan fingerprint density at radius 1 is 1.20 bits per heavy atom. The summed E-state index contributed by atoms with van der Waals surface area (Å²) in [5.74, 6) is -2.01. The third kappa shape index (κ3) is 2.90. The number of allylic oxidation sites excluding steroid dienone is 1. The van der Waals surface area contributed by atoms with Crippen molar-refractivity contribution in [2.75, 3.05) is 0 Å². The summed E-state index contributed by atoms with van der Waals surface area (Å²) in [5, 5.41) is 21.5. The smallest absolute Gasteiger partial charge is 0.348 e. The van der Waals surface area contributed by atoms with Gasteiger partial charge in [0.05, 0.1) is 6.10 Å². The molecule has 0 heterocycles. The second-order valence-electron chi connectivity index (χ2n) is 9.97. The van der Waals surface area contributed by atoms with Crippen LogP contribution in [0.2, 0.25) is 0 Å². The number of esters is 1. The van der Waals surface area contributed by atoms with Crippen LogP contribution in [-0.4, -0.2) is 44.5 Å². The van der Waals surface area contributed by atoms with E-state index in [-0.39, 0.29) is 41.8 Å². The summed E-state index contributed by atoms with van der Waals surface area (Å²) in [5.41, 5.74) is -1.84. The number of aliphatic carboxylic acids is 1. The first kappa shape index (κ1) is 22.1. The SMILES string of the molecule is C[C@]12CCC(=O)C=C1CC[C@@H]1[C@@H]2[C@H](O)C[C@@]2(C)[C@H]1CC[C@]2(OC(=O)C(Cl)Cl)C(=O)O. The van der Waals surface area contributed by atoms with Gasteiger partial charge in [0, 0.05) is 11.8 Å². The van der Waals surface area contributed by atoms with E-state index in [1.165, 1.54) is 0 Å². The van der Waals surface area contributed by atoms with Crippen molar-refractivity contribution in [3.8, 4) is 0 Å². The van der Waals surface area contributed by atoms with Gasteiger partial charge in [0.25, 0.3) is 0 Å². The monoisotopic (exact) mass is 458 g/mol. The second-order valence-corrected chi connectivity index (χ2v) is 11.1. The van der Waals surface area contributed by atoms with Crippen LogP contribution in [-0.2, 0) is 19.1 Å². The van der Waals surface area contributed by atoms with Crippen LogP contribution in [0.4, 0.5) is 0 Å². The van der Waals surface area contributed by atoms with Crippen molar-refractivity contribution in [3.05, 3.63) is 11.6 Å². The maximum Gasteiger partial charge on any atom is 0.348 e. The third-order valence-electron chi connectivity index (χ3n) is 8.81. The third-order valence-corrected chi connectivity index (χ3v) is 9.17. The van der Waals surface area contributed by atoms with Crippen molar-refractivity contribution in [2.24, 2.45) is 28.6 Å². The Bertz CT molecular complexity index is 824. The van der Waals surface area contributed by atoms with E-state index in [4.69, 9.17) is 27.9 Å². The maximum atomic E-state index is 12.4. The van der Waals surface area contributed by atoms with Gasteiger partial charge in [-0.2, -0.15) is 0 Å². The summed E-state index contributed by atoms with van der Waals surface area (Å²) < 4.78 is 5.50. The quantitative estimate of drug-likeness (QED) is 0.494. The van der Waals surface area contributed by atoms with Gasteiger partial charge in [-0.1, -0.05) is 42.6 Å². The van der Waals surface area contributed by atoms with Crippen LogP contribution in [0.25, 0.3) is 0 Å². The van der Waals surface area contributed by atoms with Crippen molar-refractivity contribution in [3.63, 3.8) is 0 Å². The highest BCUT2D eigenvalue weighted by Crippen LogP contribution is 2.68. The second kappa shape index (κ2) is 7.21. The Morgan fingerprint density at radius 3 is 2.53 bits per heavy atom. The minimum absolute atomic E-state index is 0.0186. The molecule has 3 saturated carbocycles. The molecule has 0 radical (unpaired) electrons. The van der Waals surface area contributed by atoms with Gasteiger partial charge in [-0.05, 0) is 67.8 Å². The molecular formula is C22H28Cl2O6. The van der Waals surface area contributed by atoms with Gasteiger partial charge in [-0.25, -0.2) is 9.59 Å². The minimum atomic E-state index is -1.76. The molecule has 0 aromatic carbocycles. The molecule has 3 fully saturated rings. The van der Waals surface area contributed by atoms with Gasteiger partial charge in [0.15, 0.2) is 5.78 Å². The molecule has 0 aliphatic heterocycles. The maximum absolute atomic E-state index is 12.4. The summed E-state index contributed by atoms with van der Waals surface area (Å²) in [4.78, 5) is 35.2. The minimum Gasteiger partial charge on any atom is -0.478 e. The lowest BCUT2D eigenvalue weighted by molar-refractivity contribution is -0.210. The summed E-state index contributed by atoms with van der Waals surface area (Å²) in [7, 11) is 0. The fourth-order valence-electron chi connectivity index (χ4n) is 7.45. The lowest BCUT2D eigenvalue weighted by Gasteiger charge is -2.60. The van der Waals surface area contributed by atoms with E-state index < -0.39 is 33.9 Å². The number of carboxylic acid groups (broad SMARTS) is 1. The number of carbonyl (C=O) groups is 3. The zero-order valence-electron chi connectivity index (χ0n) is 17.2. The fourth-order valence-corrected chi connectivity index (χ4v) is 7.54. The topological polar surface area (TPSA) is 101 Å². The van der Waals surface area contributed by atoms with Gasteiger partial charge in [0.2, 0.25) is 10.4 Å². The number of carbonyl (C=O) groups excluding carboxylic acids is 2. The van der Waals surface area contributed by atoms with Crippen LogP contribution in [0.15, 0.2) is 11.6 Å². The predicted octanol–water partition coefficient (Wildman–Crippen LogP) is 3.66. The van der Waals surface area contributed by atoms with Crippen LogP contribution < -0.4 is 0 Å². The number of carboxylic acids is 1. The highest BCUT2D eigenvalue weighted by atomic mass is 35.5. The van der Waals surface area contributed by atoms with Crippen molar-refractivity contribution in [1.82, 2.24) is 0 Å². The summed E-state index contributed by atoms with van der Waals surface area (Å²) in [6, 6.07) is 0. The molecule has 0 unspecified atom stereocenters. The van der Waals surface area contributed by atoms with Crippen molar-refractivity contribution < 1.29 is 29.3 Å². The number of aliphatic hydroxyl groups excluding tert-OH is 1. The van der Waals surface area contributed by atoms with Gasteiger partial charge < -0.3 is 14.9 Å². The molecule has 7 atom stereocenters. The molecule has 0 aromatic rings. The number of rotatable bonds is 3. The first-order valence-electron chi connectivity index (χ1n) is 10.6. The molecule has 166 valence electrons. The molecule has 0 aromatic heterocycles. The van der Waals surface area contributed by atoms with Crippen LogP contribution >= 0.6 is 23.2 Å². The average molecular weight is 459 g/mol. The van der Waals surface area contributed by atoms with E-state index >= 15 is 0 Å². The summed E-state index contributed by atoms with van der Waals surface area (Å²) in [6.45, 7) is 3.96. The lowest BCUT2D eigenvalue weighted by Crippen LogP contribution is -2.63. The molecule has 4 aliphatic carbocycles. The average Bonchev–Trinajstić information content (AvgIpc) is 2.94. The molecule has 8 heteroatoms. The Kier molecular flexibility index (Phi) is 5.31. The largest absolute Gasteiger partial charge is 0.478 e. The fraction of sp³-hybridized carbons (Fsp3) is 0.773. The molecular weight excluding hydrogens is 431 g/mol. The predicted molar refractivity (Wildman–Crippen MR) is 110 cm³/mol. The van der Waals surface area contributed by atoms with E-state index in [2.05, 4.69) is 6.92 Å². The van der Waals surface area contributed by atoms with Gasteiger partial charge in [-0.15, -0.1) is 0 Å². The first-order valence-corrected chi connectivity index (χ1v) is 11.5. The van der Waals surface area contributed by atoms with Crippen molar-refractivity contribution in [1.29, 1.82) is 0 Å². The number of aliphatic hydroxyl groups is 1. The normalized spacial score (nSPS) is 45.3. The number of hydrogen-bond acceptors (Lipinski definition) is 5. The van der Waals surface area contributed by atoms with Gasteiger partial charge in [-0.3, -0.25) is 4.79 Å². The zero-order chi connectivity index (χ0) is 22.1. The Hall–Kier alpha value is -1.11. The van der Waals surface area contributed by atoms with E-state index in [1.54, 1.807) is 6.08 Å². The molecule has 2 N–H and O–H groups in total. The van der Waals surface area contributed by atoms with Gasteiger partial charge in [0.1, 0.15) is 0 Å². The van der Waals surface area contributed by atoms with E-state index in [9.17, 15) is 24.6 Å². The standard InChI is InChI=1S/C22H28Cl2O6/c1-20-7-5-12(25)9-11(20)3-4-13-14-6-8-22(19(28)29,30-18(27)17(23)24)21(14,2)10-15(26)16(13)20/h9,13-17,26H,3-8,10H2,1-2H3,(H,28,29)/t13-,14-,15+,16+,20-,21-,22-/m0/s1. The summed E-state index contributed by atoms with van der Waals surface area (Å²) >= 11 is 11.3. The van der Waals surface area contributed by atoms with Gasteiger partial charge >= 0.3 is 11.9 Å². The Labute approximate surface area is 185 Å². The Morgan fingerprint density at radius 2 is 1.90 bits per heavy atom. The molecule has 30 heavy (non-hydrogen) atoms. The number of ether oxygens (including phenoxy) is 1. The first-order chi connectivity index (χ1) is 14.0. The van der Waals surface area contributed by atoms with E-state index in [0.717, 1.165) is 18.4 Å². The number of hydrogen-bond donors (Lipinski definition) is 2.